The predicted octanol–water partition coefficient (Wildman–Crippen LogP) is -3.51. The highest BCUT2D eigenvalue weighted by atomic mass is 32.2. The molecular formula is C52H90N14O14S2. The van der Waals surface area contributed by atoms with Crippen LogP contribution in [0.5, 0.6) is 5.75 Å². The molecule has 1 rings (SSSR count). The molecule has 0 aliphatic heterocycles. The van der Waals surface area contributed by atoms with Gasteiger partial charge in [-0.3, -0.25) is 48.1 Å². The van der Waals surface area contributed by atoms with Gasteiger partial charge in [0.05, 0.1) is 18.8 Å². The summed E-state index contributed by atoms with van der Waals surface area (Å²) >= 11 is 2.90. The molecule has 0 heterocycles. The number of aromatic hydroxyl groups is 1. The fourth-order valence-electron chi connectivity index (χ4n) is 7.85. The molecule has 1 aromatic carbocycles. The molecular weight excluding hydrogens is 1110 g/mol. The lowest BCUT2D eigenvalue weighted by molar-refractivity contribution is -0.142. The van der Waals surface area contributed by atoms with E-state index < -0.39 is 138 Å². The fraction of sp³-hybridized carbons (Fsp3) is 0.673. The number of carbonyl (C=O) groups excluding carboxylic acids is 9. The first kappa shape index (κ1) is 73.5. The Balaban J connectivity index is 3.37. The van der Waals surface area contributed by atoms with Crippen molar-refractivity contribution < 1.29 is 68.4 Å². The van der Waals surface area contributed by atoms with E-state index in [0.29, 0.717) is 29.9 Å². The number of guanidine groups is 1. The molecule has 0 unspecified atom stereocenters. The number of aliphatic carboxylic acids is 1. The number of hydrogen-bond acceptors (Lipinski definition) is 18. The summed E-state index contributed by atoms with van der Waals surface area (Å²) in [5.41, 5.74) is 23.3. The second-order valence-corrected chi connectivity index (χ2v) is 22.4. The molecule has 0 aromatic heterocycles. The van der Waals surface area contributed by atoms with Gasteiger partial charge in [-0.2, -0.15) is 23.5 Å². The number of hydrogen-bond donors (Lipinski definition) is 17. The highest BCUT2D eigenvalue weighted by Gasteiger charge is 2.36. The van der Waals surface area contributed by atoms with E-state index in [0.717, 1.165) is 0 Å². The Morgan fingerprint density at radius 3 is 1.54 bits per heavy atom. The Bertz CT molecular complexity index is 2260. The Morgan fingerprint density at radius 2 is 1.02 bits per heavy atom. The number of benzene rings is 1. The summed E-state index contributed by atoms with van der Waals surface area (Å²) in [5, 5.41) is 63.2. The third kappa shape index (κ3) is 28.0. The summed E-state index contributed by atoms with van der Waals surface area (Å²) in [4.78, 5) is 139. The first-order valence-corrected chi connectivity index (χ1v) is 29.9. The Hall–Kier alpha value is -6.47. The quantitative estimate of drug-likeness (QED) is 0.0172. The van der Waals surface area contributed by atoms with Gasteiger partial charge < -0.3 is 91.2 Å². The van der Waals surface area contributed by atoms with Crippen LogP contribution in [0, 0.1) is 11.8 Å². The number of phenols is 1. The zero-order chi connectivity index (χ0) is 62.2. The molecule has 82 heavy (non-hydrogen) atoms. The highest BCUT2D eigenvalue weighted by molar-refractivity contribution is 7.98. The van der Waals surface area contributed by atoms with Crippen LogP contribution < -0.4 is 70.8 Å². The van der Waals surface area contributed by atoms with Gasteiger partial charge >= 0.3 is 5.97 Å². The van der Waals surface area contributed by atoms with E-state index in [2.05, 4.69) is 52.8 Å². The highest BCUT2D eigenvalue weighted by Crippen LogP contribution is 2.14. The van der Waals surface area contributed by atoms with Crippen LogP contribution in [0.25, 0.3) is 0 Å². The van der Waals surface area contributed by atoms with Crippen LogP contribution in [0.4, 0.5) is 0 Å². The standard InChI is InChI=1S/C52H90N14O14S2/c1-27(2)24-37(62-44(72)35(13-11-21-57-52(55)56)61-48(76)39(26-67)64-45(73)36(19-23-82-8)59-43(71)33(54)18-22-81-7)47(75)60-34(12-9-10-20-53)46(74)66-41(30(6)68)50(78)58-29(5)42(70)65-40(28(3)4)49(77)63-38(51(79)80)25-31-14-16-32(69)17-15-31/h14-17,27-30,33-41,67-69H,9-13,18-26,53-54H2,1-8H3,(H,58,78)(H,59,71)(H,60,75)(H,61,76)(H,62,72)(H,63,77)(H,64,73)(H,65,70)(H,66,74)(H,79,80)(H4,55,56,57)/t29-,30+,33-,34-,35-,36-,37-,38-,39-,40-,41-/m0/s1. The smallest absolute Gasteiger partial charge is 0.326 e. The van der Waals surface area contributed by atoms with Crippen molar-refractivity contribution >= 4 is 88.6 Å². The number of aliphatic hydroxyl groups excluding tert-OH is 2. The summed E-state index contributed by atoms with van der Waals surface area (Å²) in [6.07, 6.45) is 3.08. The van der Waals surface area contributed by atoms with Gasteiger partial charge in [-0.1, -0.05) is 39.8 Å². The molecule has 28 nitrogen and oxygen atoms in total. The van der Waals surface area contributed by atoms with Gasteiger partial charge in [0.1, 0.15) is 60.1 Å². The zero-order valence-electron chi connectivity index (χ0n) is 48.2. The molecule has 0 saturated heterocycles. The second-order valence-electron chi connectivity index (χ2n) is 20.5. The van der Waals surface area contributed by atoms with Gasteiger partial charge in [0.25, 0.3) is 0 Å². The number of nitrogens with one attached hydrogen (secondary N) is 9. The number of carboxylic acid groups (broad SMARTS) is 1. The van der Waals surface area contributed by atoms with Crippen molar-refractivity contribution in [3.63, 3.8) is 0 Å². The molecule has 30 heteroatoms. The van der Waals surface area contributed by atoms with Crippen LogP contribution in [0.3, 0.4) is 0 Å². The van der Waals surface area contributed by atoms with Crippen molar-refractivity contribution in [1.82, 2.24) is 47.9 Å². The number of rotatable bonds is 40. The summed E-state index contributed by atoms with van der Waals surface area (Å²) in [5.74, 6) is -9.21. The number of unbranched alkanes of at least 4 members (excludes halogenated alkanes) is 1. The molecule has 0 aliphatic carbocycles. The monoisotopic (exact) mass is 1200 g/mol. The number of carboxylic acids is 1. The van der Waals surface area contributed by atoms with Crippen molar-refractivity contribution in [2.75, 3.05) is 43.7 Å². The molecule has 464 valence electrons. The number of amides is 9. The molecule has 1 aromatic rings. The minimum atomic E-state index is -1.72. The predicted molar refractivity (Wildman–Crippen MR) is 312 cm³/mol. The van der Waals surface area contributed by atoms with Crippen molar-refractivity contribution in [2.45, 2.75) is 166 Å². The number of nitrogens with two attached hydrogens (primary N) is 4. The van der Waals surface area contributed by atoms with Crippen LogP contribution in [0.15, 0.2) is 29.3 Å². The van der Waals surface area contributed by atoms with E-state index in [9.17, 15) is 68.4 Å². The van der Waals surface area contributed by atoms with Gasteiger partial charge in [0.15, 0.2) is 5.96 Å². The summed E-state index contributed by atoms with van der Waals surface area (Å²) in [6, 6.07) is -7.91. The third-order valence-corrected chi connectivity index (χ3v) is 13.9. The fourth-order valence-corrected chi connectivity index (χ4v) is 8.81. The minimum Gasteiger partial charge on any atom is -0.508 e. The second kappa shape index (κ2) is 39.1. The average molecular weight is 1200 g/mol. The van der Waals surface area contributed by atoms with Crippen molar-refractivity contribution in [1.29, 1.82) is 0 Å². The SMILES string of the molecule is CSCC[C@H](NC(=O)[C@@H](N)CCSC)C(=O)N[C@@H](CO)C(=O)N[C@@H](CCCN=C(N)N)C(=O)N[C@@H](CC(C)C)C(=O)N[C@@H](CCCCN)C(=O)N[C@H](C(=O)N[C@@H](C)C(=O)N[C@H](C(=O)N[C@@H](Cc1ccc(O)cc1)C(=O)O)C(C)C)[C@@H](C)O. The number of aliphatic imine (C=N–C) groups is 1. The molecule has 0 spiro atoms. The maximum absolute atomic E-state index is 14.2. The number of aliphatic hydroxyl groups is 2. The van der Waals surface area contributed by atoms with E-state index in [1.54, 1.807) is 34.0 Å². The summed E-state index contributed by atoms with van der Waals surface area (Å²) in [7, 11) is 0. The Labute approximate surface area is 487 Å². The number of carbonyl (C=O) groups is 10. The van der Waals surface area contributed by atoms with Crippen molar-refractivity contribution in [3.05, 3.63) is 29.8 Å². The average Bonchev–Trinajstić information content (AvgIpc) is 3.42. The summed E-state index contributed by atoms with van der Waals surface area (Å²) in [6.45, 7) is 8.49. The van der Waals surface area contributed by atoms with Gasteiger partial charge in [0.2, 0.25) is 53.2 Å². The topological polar surface area (TPSA) is 476 Å². The first-order valence-electron chi connectivity index (χ1n) is 27.1. The van der Waals surface area contributed by atoms with Crippen molar-refractivity contribution in [3.8, 4) is 5.75 Å². The van der Waals surface area contributed by atoms with E-state index in [4.69, 9.17) is 22.9 Å². The maximum Gasteiger partial charge on any atom is 0.326 e. The lowest BCUT2D eigenvalue weighted by Crippen LogP contribution is -2.62. The number of phenolic OH excluding ortho intramolecular Hbond substituents is 1. The molecule has 0 radical (unpaired) electrons. The third-order valence-electron chi connectivity index (χ3n) is 12.6. The molecule has 0 bridgehead atoms. The lowest BCUT2D eigenvalue weighted by Gasteiger charge is -2.29. The van der Waals surface area contributed by atoms with Crippen LogP contribution in [0.2, 0.25) is 0 Å². The van der Waals surface area contributed by atoms with E-state index >= 15 is 0 Å². The van der Waals surface area contributed by atoms with Gasteiger partial charge in [0, 0.05) is 13.0 Å². The largest absolute Gasteiger partial charge is 0.508 e. The Morgan fingerprint density at radius 1 is 0.561 bits per heavy atom. The zero-order valence-corrected chi connectivity index (χ0v) is 49.8. The van der Waals surface area contributed by atoms with E-state index in [-0.39, 0.29) is 75.7 Å². The number of nitrogens with zero attached hydrogens (tertiary/aromatic N) is 1. The normalized spacial score (nSPS) is 15.2. The van der Waals surface area contributed by atoms with E-state index in [1.165, 1.54) is 61.6 Å². The van der Waals surface area contributed by atoms with Crippen LogP contribution in [-0.2, 0) is 54.4 Å². The molecule has 0 fully saturated rings. The van der Waals surface area contributed by atoms with Gasteiger partial charge in [-0.05, 0) is 125 Å². The Kier molecular flexibility index (Phi) is 35.1. The molecule has 21 N–H and O–H groups in total. The minimum absolute atomic E-state index is 0.000720. The van der Waals surface area contributed by atoms with E-state index in [1.807, 2.05) is 6.26 Å². The van der Waals surface area contributed by atoms with Gasteiger partial charge in [-0.25, -0.2) is 4.79 Å². The lowest BCUT2D eigenvalue weighted by atomic mass is 10.0. The van der Waals surface area contributed by atoms with Crippen LogP contribution in [-0.4, -0.2) is 196 Å². The van der Waals surface area contributed by atoms with Crippen LogP contribution in [0.1, 0.15) is 98.5 Å². The molecule has 9 amide bonds. The summed E-state index contributed by atoms with van der Waals surface area (Å²) < 4.78 is 0. The van der Waals surface area contributed by atoms with Crippen molar-refractivity contribution in [2.24, 2.45) is 39.8 Å². The van der Waals surface area contributed by atoms with Gasteiger partial charge in [-0.15, -0.1) is 0 Å². The molecule has 0 aliphatic rings. The van der Waals surface area contributed by atoms with Crippen LogP contribution >= 0.6 is 23.5 Å². The molecule has 0 saturated carbocycles. The molecule has 11 atom stereocenters. The maximum atomic E-state index is 14.2. The number of thioether (sulfide) groups is 2. The first-order chi connectivity index (χ1) is 38.6.